The maximum absolute atomic E-state index is 13.9. The van der Waals surface area contributed by atoms with E-state index in [0.717, 1.165) is 9.35 Å². The lowest BCUT2D eigenvalue weighted by molar-refractivity contribution is 0.449. The van der Waals surface area contributed by atoms with Gasteiger partial charge in [-0.1, -0.05) is 29.8 Å². The molecule has 4 heteroatoms. The number of thiophene rings is 1. The van der Waals surface area contributed by atoms with E-state index in [1.54, 1.807) is 11.3 Å². The molecule has 2 rings (SSSR count). The van der Waals surface area contributed by atoms with E-state index in [1.807, 2.05) is 25.2 Å². The second-order valence-corrected chi connectivity index (χ2v) is 6.87. The maximum Gasteiger partial charge on any atom is 0.132 e. The third kappa shape index (κ3) is 3.25. The van der Waals surface area contributed by atoms with Gasteiger partial charge in [-0.3, -0.25) is 0 Å². The lowest BCUT2D eigenvalue weighted by Gasteiger charge is -2.18. The Balaban J connectivity index is 2.35. The molecule has 102 valence electrons. The molecular formula is C15H17BrFNS. The Hall–Kier alpha value is -0.710. The highest BCUT2D eigenvalue weighted by atomic mass is 79.9. The first-order valence-electron chi connectivity index (χ1n) is 6.25. The molecule has 1 aromatic carbocycles. The molecule has 1 nitrogen and oxygen atoms in total. The lowest BCUT2D eigenvalue weighted by atomic mass is 10.0. The summed E-state index contributed by atoms with van der Waals surface area (Å²) in [5.41, 5.74) is 0.665. The van der Waals surface area contributed by atoms with Crippen molar-refractivity contribution in [2.45, 2.75) is 19.9 Å². The van der Waals surface area contributed by atoms with Crippen molar-refractivity contribution in [1.82, 2.24) is 5.32 Å². The van der Waals surface area contributed by atoms with Gasteiger partial charge < -0.3 is 5.32 Å². The fourth-order valence-electron chi connectivity index (χ4n) is 2.16. The predicted molar refractivity (Wildman–Crippen MR) is 84.1 cm³/mol. The molecular weight excluding hydrogens is 325 g/mol. The van der Waals surface area contributed by atoms with Gasteiger partial charge in [0.1, 0.15) is 5.82 Å². The monoisotopic (exact) mass is 341 g/mol. The van der Waals surface area contributed by atoms with E-state index >= 15 is 0 Å². The van der Waals surface area contributed by atoms with Crippen molar-refractivity contribution in [3.05, 3.63) is 45.5 Å². The standard InChI is InChI=1S/C15H17BrFNS/c1-9(2)15(18-3)14-7-6-13(19-14)11-5-4-10(16)8-12(11)17/h4-9,15,18H,1-3H3. The van der Waals surface area contributed by atoms with Crippen LogP contribution in [0.4, 0.5) is 4.39 Å². The first kappa shape index (κ1) is 14.7. The number of rotatable bonds is 4. The number of benzene rings is 1. The summed E-state index contributed by atoms with van der Waals surface area (Å²) in [5.74, 6) is 0.319. The van der Waals surface area contributed by atoms with Gasteiger partial charge in [-0.25, -0.2) is 4.39 Å². The average molecular weight is 342 g/mol. The van der Waals surface area contributed by atoms with Crippen LogP contribution < -0.4 is 5.32 Å². The van der Waals surface area contributed by atoms with Crippen molar-refractivity contribution < 1.29 is 4.39 Å². The second-order valence-electron chi connectivity index (χ2n) is 4.84. The van der Waals surface area contributed by atoms with Crippen LogP contribution in [0.3, 0.4) is 0 Å². The minimum atomic E-state index is -0.187. The Kier molecular flexibility index (Phi) is 4.76. The molecule has 0 saturated heterocycles. The van der Waals surface area contributed by atoms with Gasteiger partial charge in [-0.2, -0.15) is 0 Å². The average Bonchev–Trinajstić information content (AvgIpc) is 2.78. The van der Waals surface area contributed by atoms with E-state index in [0.29, 0.717) is 17.5 Å². The molecule has 1 N–H and O–H groups in total. The van der Waals surface area contributed by atoms with Crippen LogP contribution in [0.15, 0.2) is 34.8 Å². The summed E-state index contributed by atoms with van der Waals surface area (Å²) >= 11 is 4.93. The molecule has 0 amide bonds. The summed E-state index contributed by atoms with van der Waals surface area (Å²) in [6.45, 7) is 4.36. The lowest BCUT2D eigenvalue weighted by Crippen LogP contribution is -2.20. The molecule has 0 aliphatic heterocycles. The fraction of sp³-hybridized carbons (Fsp3) is 0.333. The number of hydrogen-bond donors (Lipinski definition) is 1. The van der Waals surface area contributed by atoms with Gasteiger partial charge in [0.05, 0.1) is 0 Å². The molecule has 19 heavy (non-hydrogen) atoms. The maximum atomic E-state index is 13.9. The SMILES string of the molecule is CNC(c1ccc(-c2ccc(Br)cc2F)s1)C(C)C. The van der Waals surface area contributed by atoms with Crippen molar-refractivity contribution in [1.29, 1.82) is 0 Å². The molecule has 0 bridgehead atoms. The quantitative estimate of drug-likeness (QED) is 0.802. The molecule has 1 aromatic heterocycles. The van der Waals surface area contributed by atoms with Gasteiger partial charge in [-0.05, 0) is 43.3 Å². The molecule has 0 saturated carbocycles. The highest BCUT2D eigenvalue weighted by Gasteiger charge is 2.17. The zero-order chi connectivity index (χ0) is 14.0. The third-order valence-electron chi connectivity index (χ3n) is 3.11. The molecule has 2 aromatic rings. The van der Waals surface area contributed by atoms with E-state index in [9.17, 15) is 4.39 Å². The van der Waals surface area contributed by atoms with Crippen LogP contribution >= 0.6 is 27.3 Å². The summed E-state index contributed by atoms with van der Waals surface area (Å²) in [6, 6.07) is 9.60. The van der Waals surface area contributed by atoms with Gasteiger partial charge >= 0.3 is 0 Å². The van der Waals surface area contributed by atoms with E-state index in [-0.39, 0.29) is 5.82 Å². The van der Waals surface area contributed by atoms with E-state index in [2.05, 4.69) is 41.2 Å². The zero-order valence-electron chi connectivity index (χ0n) is 11.2. The van der Waals surface area contributed by atoms with Crippen molar-refractivity contribution in [3.63, 3.8) is 0 Å². The van der Waals surface area contributed by atoms with E-state index in [1.165, 1.54) is 10.9 Å². The van der Waals surface area contributed by atoms with Gasteiger partial charge in [0.15, 0.2) is 0 Å². The van der Waals surface area contributed by atoms with Crippen LogP contribution in [0.25, 0.3) is 10.4 Å². The van der Waals surface area contributed by atoms with Gasteiger partial charge in [0.2, 0.25) is 0 Å². The van der Waals surface area contributed by atoms with Crippen molar-refractivity contribution in [3.8, 4) is 10.4 Å². The molecule has 0 aliphatic rings. The Bertz CT molecular complexity index is 565. The van der Waals surface area contributed by atoms with Gasteiger partial charge in [-0.15, -0.1) is 11.3 Å². The van der Waals surface area contributed by atoms with Crippen LogP contribution in [0.5, 0.6) is 0 Å². The topological polar surface area (TPSA) is 12.0 Å². The Morgan fingerprint density at radius 3 is 2.53 bits per heavy atom. The van der Waals surface area contributed by atoms with Crippen LogP contribution in [0.1, 0.15) is 24.8 Å². The van der Waals surface area contributed by atoms with Crippen molar-refractivity contribution in [2.75, 3.05) is 7.05 Å². The molecule has 1 heterocycles. The fourth-order valence-corrected chi connectivity index (χ4v) is 3.81. The highest BCUT2D eigenvalue weighted by Crippen LogP contribution is 2.35. The summed E-state index contributed by atoms with van der Waals surface area (Å²) < 4.78 is 14.7. The largest absolute Gasteiger partial charge is 0.312 e. The zero-order valence-corrected chi connectivity index (χ0v) is 13.6. The van der Waals surface area contributed by atoms with Gasteiger partial charge in [0, 0.05) is 25.8 Å². The third-order valence-corrected chi connectivity index (χ3v) is 4.80. The van der Waals surface area contributed by atoms with Crippen LogP contribution in [0.2, 0.25) is 0 Å². The first-order valence-corrected chi connectivity index (χ1v) is 7.86. The Morgan fingerprint density at radius 2 is 1.95 bits per heavy atom. The van der Waals surface area contributed by atoms with Crippen molar-refractivity contribution >= 4 is 27.3 Å². The molecule has 0 aliphatic carbocycles. The minimum Gasteiger partial charge on any atom is -0.312 e. The highest BCUT2D eigenvalue weighted by molar-refractivity contribution is 9.10. The minimum absolute atomic E-state index is 0.187. The first-order chi connectivity index (χ1) is 9.02. The van der Waals surface area contributed by atoms with Crippen LogP contribution in [0, 0.1) is 11.7 Å². The summed E-state index contributed by atoms with van der Waals surface area (Å²) in [4.78, 5) is 2.22. The molecule has 1 atom stereocenters. The van der Waals surface area contributed by atoms with E-state index < -0.39 is 0 Å². The Morgan fingerprint density at radius 1 is 1.21 bits per heavy atom. The molecule has 1 unspecified atom stereocenters. The molecule has 0 radical (unpaired) electrons. The number of nitrogens with one attached hydrogen (secondary N) is 1. The second kappa shape index (κ2) is 6.16. The number of hydrogen-bond acceptors (Lipinski definition) is 2. The summed E-state index contributed by atoms with van der Waals surface area (Å²) in [5, 5.41) is 3.32. The smallest absolute Gasteiger partial charge is 0.132 e. The number of halogens is 2. The Labute approximate surface area is 126 Å². The molecule has 0 fully saturated rings. The normalized spacial score (nSPS) is 12.9. The van der Waals surface area contributed by atoms with E-state index in [4.69, 9.17) is 0 Å². The van der Waals surface area contributed by atoms with Crippen LogP contribution in [-0.4, -0.2) is 7.05 Å². The van der Waals surface area contributed by atoms with Crippen LogP contribution in [-0.2, 0) is 0 Å². The van der Waals surface area contributed by atoms with Gasteiger partial charge in [0.25, 0.3) is 0 Å². The molecule has 0 spiro atoms. The summed E-state index contributed by atoms with van der Waals surface area (Å²) in [7, 11) is 1.96. The van der Waals surface area contributed by atoms with Crippen molar-refractivity contribution in [2.24, 2.45) is 5.92 Å². The predicted octanol–water partition coefficient (Wildman–Crippen LogP) is 5.23. The summed E-state index contributed by atoms with van der Waals surface area (Å²) in [6.07, 6.45) is 0.